The van der Waals surface area contributed by atoms with E-state index in [9.17, 15) is 9.59 Å². The van der Waals surface area contributed by atoms with Gasteiger partial charge < -0.3 is 10.1 Å². The number of nitrogens with zero attached hydrogens (tertiary/aromatic N) is 2. The molecule has 154 valence electrons. The molecule has 4 rings (SSSR count). The first-order valence-corrected chi connectivity index (χ1v) is 9.77. The number of rotatable bonds is 6. The highest BCUT2D eigenvalue weighted by atomic mass is 16.5. The summed E-state index contributed by atoms with van der Waals surface area (Å²) in [7, 11) is 1.58. The van der Waals surface area contributed by atoms with Crippen molar-refractivity contribution in [2.45, 2.75) is 6.92 Å². The molecule has 31 heavy (non-hydrogen) atoms. The molecule has 0 atom stereocenters. The summed E-state index contributed by atoms with van der Waals surface area (Å²) in [5, 5.41) is 7.57. The second-order valence-electron chi connectivity index (χ2n) is 6.96. The van der Waals surface area contributed by atoms with E-state index in [-0.39, 0.29) is 11.7 Å². The highest BCUT2D eigenvalue weighted by molar-refractivity contribution is 6.09. The fourth-order valence-electron chi connectivity index (χ4n) is 3.31. The van der Waals surface area contributed by atoms with Crippen molar-refractivity contribution in [3.05, 3.63) is 96.2 Å². The molecule has 0 spiro atoms. The van der Waals surface area contributed by atoms with E-state index in [1.54, 1.807) is 42.3 Å². The van der Waals surface area contributed by atoms with Crippen molar-refractivity contribution in [3.8, 4) is 22.7 Å². The summed E-state index contributed by atoms with van der Waals surface area (Å²) >= 11 is 0. The molecule has 0 bridgehead atoms. The number of amides is 1. The van der Waals surface area contributed by atoms with Gasteiger partial charge in [-0.2, -0.15) is 5.10 Å². The lowest BCUT2D eigenvalue weighted by molar-refractivity contribution is 0.101. The zero-order valence-electron chi connectivity index (χ0n) is 17.2. The van der Waals surface area contributed by atoms with Crippen LogP contribution < -0.4 is 10.1 Å². The summed E-state index contributed by atoms with van der Waals surface area (Å²) in [4.78, 5) is 24.9. The molecule has 1 amide bonds. The lowest BCUT2D eigenvalue weighted by Crippen LogP contribution is -2.13. The van der Waals surface area contributed by atoms with Crippen molar-refractivity contribution in [1.82, 2.24) is 9.78 Å². The predicted molar refractivity (Wildman–Crippen MR) is 120 cm³/mol. The SMILES string of the molecule is COc1ccccc1-c1nn(-c2ccccc2)cc1C(=O)Nc1cccc(C(C)=O)c1. The van der Waals surface area contributed by atoms with Crippen LogP contribution >= 0.6 is 0 Å². The Morgan fingerprint density at radius 1 is 0.935 bits per heavy atom. The Kier molecular flexibility index (Phi) is 5.62. The maximum Gasteiger partial charge on any atom is 0.259 e. The highest BCUT2D eigenvalue weighted by Crippen LogP contribution is 2.32. The number of anilines is 1. The van der Waals surface area contributed by atoms with Crippen LogP contribution in [0.15, 0.2) is 85.1 Å². The van der Waals surface area contributed by atoms with E-state index in [1.807, 2.05) is 54.6 Å². The van der Waals surface area contributed by atoms with Gasteiger partial charge in [0.2, 0.25) is 0 Å². The number of hydrogen-bond acceptors (Lipinski definition) is 4. The van der Waals surface area contributed by atoms with Crippen molar-refractivity contribution in [2.75, 3.05) is 12.4 Å². The average molecular weight is 411 g/mol. The average Bonchev–Trinajstić information content (AvgIpc) is 3.25. The molecule has 1 heterocycles. The molecule has 4 aromatic rings. The van der Waals surface area contributed by atoms with Crippen LogP contribution in [0.3, 0.4) is 0 Å². The fourth-order valence-corrected chi connectivity index (χ4v) is 3.31. The molecule has 1 aromatic heterocycles. The van der Waals surface area contributed by atoms with Gasteiger partial charge in [-0.15, -0.1) is 0 Å². The van der Waals surface area contributed by atoms with Crippen molar-refractivity contribution < 1.29 is 14.3 Å². The molecular formula is C25H21N3O3. The Morgan fingerprint density at radius 3 is 2.42 bits per heavy atom. The lowest BCUT2D eigenvalue weighted by atomic mass is 10.1. The first kappa shape index (κ1) is 20.1. The molecule has 0 aliphatic heterocycles. The largest absolute Gasteiger partial charge is 0.496 e. The molecule has 6 heteroatoms. The quantitative estimate of drug-likeness (QED) is 0.453. The van der Waals surface area contributed by atoms with E-state index < -0.39 is 0 Å². The molecule has 0 aliphatic rings. The molecule has 0 fully saturated rings. The minimum absolute atomic E-state index is 0.0669. The van der Waals surface area contributed by atoms with Gasteiger partial charge in [-0.3, -0.25) is 9.59 Å². The van der Waals surface area contributed by atoms with E-state index in [0.717, 1.165) is 5.69 Å². The molecule has 0 saturated heterocycles. The molecular weight excluding hydrogens is 390 g/mol. The van der Waals surface area contributed by atoms with Crippen molar-refractivity contribution >= 4 is 17.4 Å². The standard InChI is InChI=1S/C25H21N3O3/c1-17(29)18-9-8-10-19(15-18)26-25(30)22-16-28(20-11-4-3-5-12-20)27-24(22)21-13-6-7-14-23(21)31-2/h3-16H,1-2H3,(H,26,30). The van der Waals surface area contributed by atoms with Crippen LogP contribution in [0.25, 0.3) is 16.9 Å². The number of ketones is 1. The van der Waals surface area contributed by atoms with Crippen LogP contribution in [0.2, 0.25) is 0 Å². The molecule has 6 nitrogen and oxygen atoms in total. The molecule has 0 aliphatic carbocycles. The predicted octanol–water partition coefficient (Wildman–Crippen LogP) is 5.00. The second-order valence-corrected chi connectivity index (χ2v) is 6.96. The lowest BCUT2D eigenvalue weighted by Gasteiger charge is -2.09. The number of ether oxygens (including phenoxy) is 1. The van der Waals surface area contributed by atoms with Gasteiger partial charge in [0.25, 0.3) is 5.91 Å². The van der Waals surface area contributed by atoms with Gasteiger partial charge in [0.15, 0.2) is 5.78 Å². The Hall–Kier alpha value is -4.19. The molecule has 0 unspecified atom stereocenters. The first-order chi connectivity index (χ1) is 15.1. The van der Waals surface area contributed by atoms with E-state index >= 15 is 0 Å². The Morgan fingerprint density at radius 2 is 1.68 bits per heavy atom. The van der Waals surface area contributed by atoms with Crippen molar-refractivity contribution in [2.24, 2.45) is 0 Å². The van der Waals surface area contributed by atoms with E-state index in [4.69, 9.17) is 4.74 Å². The van der Waals surface area contributed by atoms with Gasteiger partial charge in [-0.05, 0) is 43.3 Å². The number of Topliss-reactive ketones (excluding diaryl/α,β-unsaturated/α-hetero) is 1. The van der Waals surface area contributed by atoms with Gasteiger partial charge in [0.1, 0.15) is 11.4 Å². The van der Waals surface area contributed by atoms with Crippen LogP contribution in [0.5, 0.6) is 5.75 Å². The number of methoxy groups -OCH3 is 1. The Labute approximate surface area is 180 Å². The maximum absolute atomic E-state index is 13.2. The van der Waals surface area contributed by atoms with Crippen LogP contribution in [0.1, 0.15) is 27.6 Å². The number of carbonyl (C=O) groups excluding carboxylic acids is 2. The number of aromatic nitrogens is 2. The topological polar surface area (TPSA) is 73.2 Å². The van der Waals surface area contributed by atoms with E-state index in [1.165, 1.54) is 6.92 Å². The molecule has 3 aromatic carbocycles. The van der Waals surface area contributed by atoms with Gasteiger partial charge in [-0.25, -0.2) is 4.68 Å². The fraction of sp³-hybridized carbons (Fsp3) is 0.0800. The molecule has 1 N–H and O–H groups in total. The summed E-state index contributed by atoms with van der Waals surface area (Å²) in [5.41, 5.74) is 3.50. The van der Waals surface area contributed by atoms with Crippen LogP contribution in [0, 0.1) is 0 Å². The third kappa shape index (κ3) is 4.23. The van der Waals surface area contributed by atoms with Crippen LogP contribution in [0.4, 0.5) is 5.69 Å². The summed E-state index contributed by atoms with van der Waals surface area (Å²) in [5.74, 6) is 0.222. The number of hydrogen-bond donors (Lipinski definition) is 1. The Balaban J connectivity index is 1.78. The van der Waals surface area contributed by atoms with Gasteiger partial charge in [0, 0.05) is 23.0 Å². The first-order valence-electron chi connectivity index (χ1n) is 9.77. The van der Waals surface area contributed by atoms with E-state index in [2.05, 4.69) is 10.4 Å². The minimum atomic E-state index is -0.330. The number of benzene rings is 3. The maximum atomic E-state index is 13.2. The van der Waals surface area contributed by atoms with Crippen molar-refractivity contribution in [1.29, 1.82) is 0 Å². The Bertz CT molecular complexity index is 1250. The summed E-state index contributed by atoms with van der Waals surface area (Å²) in [6, 6.07) is 23.8. The summed E-state index contributed by atoms with van der Waals surface area (Å²) < 4.78 is 7.16. The molecule has 0 radical (unpaired) electrons. The molecule has 0 saturated carbocycles. The smallest absolute Gasteiger partial charge is 0.259 e. The zero-order valence-corrected chi connectivity index (χ0v) is 17.2. The summed E-state index contributed by atoms with van der Waals surface area (Å²) in [6.45, 7) is 1.49. The van der Waals surface area contributed by atoms with Crippen LogP contribution in [-0.4, -0.2) is 28.6 Å². The van der Waals surface area contributed by atoms with Crippen molar-refractivity contribution in [3.63, 3.8) is 0 Å². The van der Waals surface area contributed by atoms with Gasteiger partial charge >= 0.3 is 0 Å². The van der Waals surface area contributed by atoms with Gasteiger partial charge in [0.05, 0.1) is 18.4 Å². The second kappa shape index (κ2) is 8.67. The normalized spacial score (nSPS) is 10.5. The van der Waals surface area contributed by atoms with E-state index in [0.29, 0.717) is 33.8 Å². The van der Waals surface area contributed by atoms with Crippen LogP contribution in [-0.2, 0) is 0 Å². The zero-order chi connectivity index (χ0) is 21.8. The monoisotopic (exact) mass is 411 g/mol. The highest BCUT2D eigenvalue weighted by Gasteiger charge is 2.21. The number of nitrogens with one attached hydrogen (secondary N) is 1. The number of para-hydroxylation sites is 2. The third-order valence-electron chi connectivity index (χ3n) is 4.87. The van der Waals surface area contributed by atoms with Gasteiger partial charge in [-0.1, -0.05) is 42.5 Å². The third-order valence-corrected chi connectivity index (χ3v) is 4.87. The summed E-state index contributed by atoms with van der Waals surface area (Å²) in [6.07, 6.45) is 1.70. The minimum Gasteiger partial charge on any atom is -0.496 e. The number of carbonyl (C=O) groups is 2.